The summed E-state index contributed by atoms with van der Waals surface area (Å²) in [5, 5.41) is 0. The maximum atomic E-state index is 11.2. The van der Waals surface area contributed by atoms with E-state index in [0.29, 0.717) is 23.8 Å². The van der Waals surface area contributed by atoms with Crippen molar-refractivity contribution < 1.29 is 13.5 Å². The predicted octanol–water partition coefficient (Wildman–Crippen LogP) is 2.54. The summed E-state index contributed by atoms with van der Waals surface area (Å²) in [6.07, 6.45) is 3.76. The van der Waals surface area contributed by atoms with E-state index in [0.717, 1.165) is 28.8 Å². The number of pyridine rings is 1. The molecule has 118 valence electrons. The second-order valence-corrected chi connectivity index (χ2v) is 6.33. The molecular weight excluding hydrogens is 314 g/mol. The van der Waals surface area contributed by atoms with Crippen LogP contribution in [0.15, 0.2) is 47.6 Å². The van der Waals surface area contributed by atoms with Crippen molar-refractivity contribution in [3.8, 4) is 5.75 Å². The zero-order valence-corrected chi connectivity index (χ0v) is 13.0. The van der Waals surface area contributed by atoms with Crippen LogP contribution in [0.2, 0.25) is 0 Å². The van der Waals surface area contributed by atoms with E-state index < -0.39 is 11.1 Å². The van der Waals surface area contributed by atoms with Crippen molar-refractivity contribution in [2.24, 2.45) is 0 Å². The van der Waals surface area contributed by atoms with E-state index in [4.69, 9.17) is 4.74 Å². The van der Waals surface area contributed by atoms with Gasteiger partial charge in [-0.1, -0.05) is 0 Å². The Morgan fingerprint density at radius 3 is 3.17 bits per heavy atom. The molecule has 1 unspecified atom stereocenters. The van der Waals surface area contributed by atoms with Gasteiger partial charge >= 0.3 is 0 Å². The highest BCUT2D eigenvalue weighted by Crippen LogP contribution is 2.34. The first-order valence-corrected chi connectivity index (χ1v) is 8.37. The van der Waals surface area contributed by atoms with Crippen LogP contribution >= 0.6 is 0 Å². The molecule has 0 amide bonds. The first kappa shape index (κ1) is 14.2. The van der Waals surface area contributed by atoms with Crippen molar-refractivity contribution in [3.63, 3.8) is 0 Å². The molecule has 1 aromatic carbocycles. The van der Waals surface area contributed by atoms with Crippen molar-refractivity contribution in [1.82, 2.24) is 9.97 Å². The zero-order valence-electron chi connectivity index (χ0n) is 12.2. The zero-order chi connectivity index (χ0) is 15.8. The summed E-state index contributed by atoms with van der Waals surface area (Å²) in [6.45, 7) is 2.01. The number of nitrogens with zero attached hydrogens (tertiary/aromatic N) is 2. The molecule has 4 rings (SSSR count). The molecule has 7 heteroatoms. The third-order valence-corrected chi connectivity index (χ3v) is 4.62. The molecule has 1 aliphatic rings. The van der Waals surface area contributed by atoms with Crippen LogP contribution in [0.25, 0.3) is 11.0 Å². The minimum atomic E-state index is -2.00. The molecule has 3 aromatic rings. The molecule has 23 heavy (non-hydrogen) atoms. The molecule has 0 saturated heterocycles. The van der Waals surface area contributed by atoms with Crippen LogP contribution in [-0.4, -0.2) is 31.9 Å². The molecule has 1 aliphatic heterocycles. The van der Waals surface area contributed by atoms with Crippen molar-refractivity contribution >= 4 is 27.8 Å². The number of benzene rings is 1. The number of hydrogen-bond acceptors (Lipinski definition) is 4. The Hall–Kier alpha value is -2.38. The molecule has 3 heterocycles. The number of fused-ring (bicyclic) bond motifs is 2. The highest BCUT2D eigenvalue weighted by molar-refractivity contribution is 7.79. The van der Waals surface area contributed by atoms with Gasteiger partial charge in [-0.15, -0.1) is 0 Å². The van der Waals surface area contributed by atoms with Crippen molar-refractivity contribution in [2.75, 3.05) is 18.1 Å². The van der Waals surface area contributed by atoms with Gasteiger partial charge in [0.1, 0.15) is 12.4 Å². The summed E-state index contributed by atoms with van der Waals surface area (Å²) in [5.74, 6) is 0.643. The Bertz CT molecular complexity index is 893. The topological polar surface area (TPSA) is 78.5 Å². The predicted molar refractivity (Wildman–Crippen MR) is 88.1 cm³/mol. The van der Waals surface area contributed by atoms with Crippen molar-refractivity contribution in [3.05, 3.63) is 48.3 Å². The summed E-state index contributed by atoms with van der Waals surface area (Å²) in [4.78, 5) is 10.2. The van der Waals surface area contributed by atoms with Crippen molar-refractivity contribution in [2.45, 2.75) is 11.4 Å². The van der Waals surface area contributed by atoms with Gasteiger partial charge in [0.2, 0.25) is 0 Å². The molecule has 0 fully saturated rings. The third kappa shape index (κ3) is 2.58. The summed E-state index contributed by atoms with van der Waals surface area (Å²) in [5.41, 5.74) is 4.02. The van der Waals surface area contributed by atoms with E-state index in [9.17, 15) is 8.76 Å². The Morgan fingerprint density at radius 1 is 1.39 bits per heavy atom. The fraction of sp³-hybridized carbons (Fsp3) is 0.188. The first-order valence-electron chi connectivity index (χ1n) is 7.26. The molecular formula is C16H15N3O3S. The number of H-pyrrole nitrogens is 1. The maximum Gasteiger partial charge on any atom is 0.186 e. The largest absolute Gasteiger partial charge is 0.490 e. The lowest BCUT2D eigenvalue weighted by molar-refractivity contribution is 0.306. The smallest absolute Gasteiger partial charge is 0.186 e. The van der Waals surface area contributed by atoms with E-state index in [1.165, 1.54) is 0 Å². The lowest BCUT2D eigenvalue weighted by Crippen LogP contribution is -2.32. The van der Waals surface area contributed by atoms with Gasteiger partial charge in [-0.2, -0.15) is 0 Å². The van der Waals surface area contributed by atoms with Gasteiger partial charge in [0.05, 0.1) is 28.2 Å². The van der Waals surface area contributed by atoms with Gasteiger partial charge in [0, 0.05) is 30.6 Å². The molecule has 0 spiro atoms. The molecule has 0 radical (unpaired) electrons. The Morgan fingerprint density at radius 2 is 2.30 bits per heavy atom. The van der Waals surface area contributed by atoms with Crippen LogP contribution in [0.3, 0.4) is 0 Å². The highest BCUT2D eigenvalue weighted by Gasteiger charge is 2.20. The van der Waals surface area contributed by atoms with Crippen LogP contribution in [0.5, 0.6) is 5.75 Å². The van der Waals surface area contributed by atoms with Crippen LogP contribution in [0, 0.1) is 0 Å². The number of anilines is 1. The van der Waals surface area contributed by atoms with E-state index in [1.807, 2.05) is 24.4 Å². The SMILES string of the molecule is O=S(O)c1ccc2c(c1)OCCN2Cc1c[nH]c2cccnc12. The van der Waals surface area contributed by atoms with Gasteiger partial charge in [0.15, 0.2) is 11.1 Å². The lowest BCUT2D eigenvalue weighted by Gasteiger charge is -2.31. The van der Waals surface area contributed by atoms with Crippen LogP contribution in [0.4, 0.5) is 5.69 Å². The normalized spacial score (nSPS) is 15.3. The van der Waals surface area contributed by atoms with Gasteiger partial charge in [0.25, 0.3) is 0 Å². The fourth-order valence-corrected chi connectivity index (χ4v) is 3.26. The Kier molecular flexibility index (Phi) is 3.51. The quantitative estimate of drug-likeness (QED) is 0.722. The van der Waals surface area contributed by atoms with Gasteiger partial charge in [-0.3, -0.25) is 4.98 Å². The monoisotopic (exact) mass is 329 g/mol. The maximum absolute atomic E-state index is 11.2. The molecule has 1 atom stereocenters. The number of ether oxygens (including phenoxy) is 1. The molecule has 0 aliphatic carbocycles. The summed E-state index contributed by atoms with van der Waals surface area (Å²) in [7, 11) is 0. The van der Waals surface area contributed by atoms with Gasteiger partial charge in [-0.05, 0) is 24.3 Å². The first-order chi connectivity index (χ1) is 11.2. The number of rotatable bonds is 3. The van der Waals surface area contributed by atoms with E-state index in [1.54, 1.807) is 18.3 Å². The summed E-state index contributed by atoms with van der Waals surface area (Å²) < 4.78 is 26.0. The summed E-state index contributed by atoms with van der Waals surface area (Å²) >= 11 is -2.00. The number of aromatic amines is 1. The second kappa shape index (κ2) is 5.68. The highest BCUT2D eigenvalue weighted by atomic mass is 32.2. The van der Waals surface area contributed by atoms with E-state index in [-0.39, 0.29) is 0 Å². The van der Waals surface area contributed by atoms with E-state index in [2.05, 4.69) is 14.9 Å². The Labute approximate surface area is 135 Å². The number of nitrogens with one attached hydrogen (secondary N) is 1. The minimum absolute atomic E-state index is 0.347. The second-order valence-electron chi connectivity index (χ2n) is 5.36. The standard InChI is InChI=1S/C16H15N3O3S/c20-23(21)12-3-4-14-15(8-12)22-7-6-19(14)10-11-9-18-13-2-1-5-17-16(11)13/h1-5,8-9,18H,6-7,10H2,(H,20,21). The number of aromatic nitrogens is 2. The van der Waals surface area contributed by atoms with E-state index >= 15 is 0 Å². The average Bonchev–Trinajstić information content (AvgIpc) is 2.98. The van der Waals surface area contributed by atoms with Crippen molar-refractivity contribution in [1.29, 1.82) is 0 Å². The molecule has 6 nitrogen and oxygen atoms in total. The Balaban J connectivity index is 1.68. The molecule has 2 aromatic heterocycles. The number of hydrogen-bond donors (Lipinski definition) is 2. The molecule has 0 bridgehead atoms. The minimum Gasteiger partial charge on any atom is -0.490 e. The molecule has 2 N–H and O–H groups in total. The van der Waals surface area contributed by atoms with Crippen LogP contribution in [0.1, 0.15) is 5.56 Å². The average molecular weight is 329 g/mol. The fourth-order valence-electron chi connectivity index (χ4n) is 2.87. The third-order valence-electron chi connectivity index (χ3n) is 3.97. The van der Waals surface area contributed by atoms with Gasteiger partial charge in [-0.25, -0.2) is 4.21 Å². The van der Waals surface area contributed by atoms with Gasteiger partial charge < -0.3 is 19.2 Å². The molecule has 0 saturated carbocycles. The van der Waals surface area contributed by atoms with Crippen LogP contribution < -0.4 is 9.64 Å². The van der Waals surface area contributed by atoms with Crippen LogP contribution in [-0.2, 0) is 17.6 Å². The summed E-state index contributed by atoms with van der Waals surface area (Å²) in [6, 6.07) is 9.03. The lowest BCUT2D eigenvalue weighted by atomic mass is 10.2.